The molecular weight excluding hydrogens is 815 g/mol. The minimum absolute atomic E-state index is 0.135. The maximum Gasteiger partial charge on any atom is 0.306 e. The molecule has 0 radical (unpaired) electrons. The summed E-state index contributed by atoms with van der Waals surface area (Å²) in [6.45, 7) is 4.44. The molecule has 0 aliphatic rings. The number of hydrogen-bond donors (Lipinski definition) is 0. The summed E-state index contributed by atoms with van der Waals surface area (Å²) in [5, 5.41) is 11.7. The van der Waals surface area contributed by atoms with Crippen molar-refractivity contribution in [3.8, 4) is 0 Å². The molecule has 0 aliphatic heterocycles. The number of carbonyl (C=O) groups is 3. The van der Waals surface area contributed by atoms with Crippen molar-refractivity contribution in [2.24, 2.45) is 0 Å². The summed E-state index contributed by atoms with van der Waals surface area (Å²) in [7, 11) is 5.89. The van der Waals surface area contributed by atoms with E-state index in [1.54, 1.807) is 0 Å². The van der Waals surface area contributed by atoms with Crippen molar-refractivity contribution in [1.82, 2.24) is 0 Å². The van der Waals surface area contributed by atoms with Crippen molar-refractivity contribution < 1.29 is 42.9 Å². The third kappa shape index (κ3) is 47.7. The standard InChI is InChI=1S/C56H91NO8/c1-6-8-10-12-14-16-18-20-21-22-23-24-25-26-27-28-29-30-31-32-33-35-37-39-41-43-45-47-54(59)65-52(51-64-56(55(60)61)62-49-48-57(3,4)5)50-63-53(58)46-44-42-40-38-36-34-19-17-15-13-11-9-7-2/h8-11,14-17,20-21,23-24,26-27,29-30,34,36,52,56H,6-7,12-13,18-19,22,25,28,31-33,35,37-51H2,1-5H3/b10-8-,11-9-,16-14-,17-15-,21-20-,24-23-,27-26-,30-29-,36-34-. The number of likely N-dealkylation sites (N-methyl/N-ethyl adjacent to an activating group) is 1. The summed E-state index contributed by atoms with van der Waals surface area (Å²) >= 11 is 0. The van der Waals surface area contributed by atoms with Gasteiger partial charge in [-0.3, -0.25) is 9.59 Å². The highest BCUT2D eigenvalue weighted by Crippen LogP contribution is 2.13. The summed E-state index contributed by atoms with van der Waals surface area (Å²) in [4.78, 5) is 37.1. The van der Waals surface area contributed by atoms with Gasteiger partial charge in [-0.1, -0.05) is 168 Å². The number of esters is 2. The van der Waals surface area contributed by atoms with Gasteiger partial charge in [0.25, 0.3) is 0 Å². The van der Waals surface area contributed by atoms with E-state index in [1.165, 1.54) is 25.7 Å². The molecule has 9 heteroatoms. The topological polar surface area (TPSA) is 111 Å². The Morgan fingerprint density at radius 3 is 1.25 bits per heavy atom. The van der Waals surface area contributed by atoms with Crippen molar-refractivity contribution in [3.05, 3.63) is 109 Å². The van der Waals surface area contributed by atoms with Crippen LogP contribution in [0.2, 0.25) is 0 Å². The van der Waals surface area contributed by atoms with E-state index in [0.717, 1.165) is 103 Å². The molecule has 0 N–H and O–H groups in total. The summed E-state index contributed by atoms with van der Waals surface area (Å²) in [6, 6.07) is 0. The van der Waals surface area contributed by atoms with Gasteiger partial charge in [-0.15, -0.1) is 0 Å². The summed E-state index contributed by atoms with van der Waals surface area (Å²) in [5.41, 5.74) is 0. The van der Waals surface area contributed by atoms with Gasteiger partial charge in [0.05, 0.1) is 40.3 Å². The van der Waals surface area contributed by atoms with Gasteiger partial charge >= 0.3 is 11.9 Å². The number of carbonyl (C=O) groups excluding carboxylic acids is 3. The molecule has 0 aromatic carbocycles. The van der Waals surface area contributed by atoms with Crippen molar-refractivity contribution in [2.45, 2.75) is 180 Å². The van der Waals surface area contributed by atoms with Crippen LogP contribution in [-0.4, -0.2) is 82.3 Å². The fourth-order valence-electron chi connectivity index (χ4n) is 6.20. The van der Waals surface area contributed by atoms with Gasteiger partial charge in [-0.05, 0) is 96.3 Å². The van der Waals surface area contributed by atoms with E-state index in [2.05, 4.69) is 123 Å². The summed E-state index contributed by atoms with van der Waals surface area (Å²) in [6.07, 6.45) is 59.9. The van der Waals surface area contributed by atoms with Crippen molar-refractivity contribution in [3.63, 3.8) is 0 Å². The molecule has 368 valence electrons. The maximum atomic E-state index is 12.8. The van der Waals surface area contributed by atoms with Crippen LogP contribution in [0.4, 0.5) is 0 Å². The van der Waals surface area contributed by atoms with E-state index in [0.29, 0.717) is 23.9 Å². The monoisotopic (exact) mass is 906 g/mol. The second-order valence-electron chi connectivity index (χ2n) is 17.3. The van der Waals surface area contributed by atoms with Crippen molar-refractivity contribution in [2.75, 3.05) is 47.5 Å². The molecule has 2 unspecified atom stereocenters. The lowest BCUT2D eigenvalue weighted by Gasteiger charge is -2.26. The Kier molecular flexibility index (Phi) is 43.6. The van der Waals surface area contributed by atoms with Crippen LogP contribution in [-0.2, 0) is 33.3 Å². The lowest BCUT2D eigenvalue weighted by molar-refractivity contribution is -0.870. The Morgan fingerprint density at radius 2 is 0.831 bits per heavy atom. The third-order valence-corrected chi connectivity index (χ3v) is 10.0. The number of aliphatic carboxylic acids is 1. The van der Waals surface area contributed by atoms with Crippen LogP contribution < -0.4 is 5.11 Å². The van der Waals surface area contributed by atoms with Crippen LogP contribution in [0.1, 0.15) is 168 Å². The van der Waals surface area contributed by atoms with Gasteiger partial charge in [-0.2, -0.15) is 0 Å². The largest absolute Gasteiger partial charge is 0.545 e. The average molecular weight is 906 g/mol. The molecule has 0 spiro atoms. The SMILES string of the molecule is CC/C=C\C/C=C\C/C=C\C/C=C\C/C=C\C/C=C\CCCCCCCCCCC(=O)OC(COC(=O)CCCCC/C=C\C/C=C\C/C=C\CC)COC(OCC[N+](C)(C)C)C(=O)[O-]. The van der Waals surface area contributed by atoms with Gasteiger partial charge < -0.3 is 33.3 Å². The summed E-state index contributed by atoms with van der Waals surface area (Å²) < 4.78 is 22.5. The van der Waals surface area contributed by atoms with E-state index in [9.17, 15) is 19.5 Å². The minimum Gasteiger partial charge on any atom is -0.545 e. The Balaban J connectivity index is 4.36. The fraction of sp³-hybridized carbons (Fsp3) is 0.625. The van der Waals surface area contributed by atoms with E-state index in [-0.39, 0.29) is 32.7 Å². The predicted molar refractivity (Wildman–Crippen MR) is 269 cm³/mol. The zero-order valence-corrected chi connectivity index (χ0v) is 41.6. The third-order valence-electron chi connectivity index (χ3n) is 10.0. The highest BCUT2D eigenvalue weighted by Gasteiger charge is 2.21. The van der Waals surface area contributed by atoms with Crippen LogP contribution in [0.15, 0.2) is 109 Å². The molecule has 0 aromatic rings. The zero-order valence-electron chi connectivity index (χ0n) is 41.6. The molecule has 0 saturated heterocycles. The van der Waals surface area contributed by atoms with Gasteiger partial charge in [0.15, 0.2) is 12.4 Å². The predicted octanol–water partition coefficient (Wildman–Crippen LogP) is 12.7. The van der Waals surface area contributed by atoms with Crippen LogP contribution in [0, 0.1) is 0 Å². The minimum atomic E-state index is -1.64. The molecule has 2 atom stereocenters. The van der Waals surface area contributed by atoms with E-state index in [1.807, 2.05) is 21.1 Å². The molecule has 0 aliphatic carbocycles. The lowest BCUT2D eigenvalue weighted by Crippen LogP contribution is -2.44. The number of hydrogen-bond acceptors (Lipinski definition) is 8. The van der Waals surface area contributed by atoms with Gasteiger partial charge in [0.2, 0.25) is 0 Å². The molecule has 0 heterocycles. The number of quaternary nitrogens is 1. The first kappa shape index (κ1) is 60.9. The highest BCUT2D eigenvalue weighted by molar-refractivity contribution is 5.70. The smallest absolute Gasteiger partial charge is 0.306 e. The molecule has 9 nitrogen and oxygen atoms in total. The molecule has 65 heavy (non-hydrogen) atoms. The zero-order chi connectivity index (χ0) is 47.7. The molecule has 0 amide bonds. The molecule has 0 rings (SSSR count). The second-order valence-corrected chi connectivity index (χ2v) is 17.3. The molecular formula is C56H91NO8. The van der Waals surface area contributed by atoms with Gasteiger partial charge in [-0.25, -0.2) is 0 Å². The number of unbranched alkanes of at least 4 members (excludes halogenated alkanes) is 11. The maximum absolute atomic E-state index is 12.8. The fourth-order valence-corrected chi connectivity index (χ4v) is 6.20. The normalized spacial score (nSPS) is 13.8. The first-order chi connectivity index (χ1) is 31.6. The molecule has 0 aromatic heterocycles. The highest BCUT2D eigenvalue weighted by atomic mass is 16.7. The number of rotatable bonds is 44. The van der Waals surface area contributed by atoms with Crippen molar-refractivity contribution in [1.29, 1.82) is 0 Å². The van der Waals surface area contributed by atoms with Crippen molar-refractivity contribution >= 4 is 17.9 Å². The number of carboxylic acids is 1. The Hall–Kier alpha value is -4.05. The van der Waals surface area contributed by atoms with Crippen LogP contribution in [0.5, 0.6) is 0 Å². The Labute approximate surface area is 396 Å². The van der Waals surface area contributed by atoms with E-state index in [4.69, 9.17) is 18.9 Å². The second kappa shape index (κ2) is 46.5. The number of ether oxygens (including phenoxy) is 4. The first-order valence-electron chi connectivity index (χ1n) is 25.0. The van der Waals surface area contributed by atoms with Crippen LogP contribution >= 0.6 is 0 Å². The summed E-state index contributed by atoms with van der Waals surface area (Å²) in [5.74, 6) is -2.35. The van der Waals surface area contributed by atoms with Gasteiger partial charge in [0.1, 0.15) is 13.2 Å². The number of carboxylic acid groups (broad SMARTS) is 1. The number of nitrogens with zero attached hydrogens (tertiary/aromatic N) is 1. The molecule has 0 saturated carbocycles. The van der Waals surface area contributed by atoms with Gasteiger partial charge in [0, 0.05) is 12.8 Å². The van der Waals surface area contributed by atoms with Crippen LogP contribution in [0.25, 0.3) is 0 Å². The lowest BCUT2D eigenvalue weighted by atomic mass is 10.1. The van der Waals surface area contributed by atoms with Crippen LogP contribution in [0.3, 0.4) is 0 Å². The average Bonchev–Trinajstić information content (AvgIpc) is 3.27. The van der Waals surface area contributed by atoms with E-state index < -0.39 is 30.3 Å². The van der Waals surface area contributed by atoms with E-state index >= 15 is 0 Å². The first-order valence-corrected chi connectivity index (χ1v) is 25.0. The Bertz CT molecular complexity index is 1430. The molecule has 0 fully saturated rings. The molecule has 0 bridgehead atoms. The Morgan fingerprint density at radius 1 is 0.462 bits per heavy atom. The quantitative estimate of drug-likeness (QED) is 0.0195. The number of allylic oxidation sites excluding steroid dienone is 18.